The van der Waals surface area contributed by atoms with Crippen LogP contribution in [0.5, 0.6) is 0 Å². The van der Waals surface area contributed by atoms with E-state index < -0.39 is 0 Å². The van der Waals surface area contributed by atoms with Crippen LogP contribution in [0.2, 0.25) is 0 Å². The second-order valence-electron chi connectivity index (χ2n) is 6.10. The molecule has 1 fully saturated rings. The number of ether oxygens (including phenoxy) is 1. The Hall–Kier alpha value is -2.81. The first-order valence-corrected chi connectivity index (χ1v) is 8.74. The first-order chi connectivity index (χ1) is 12.8. The molecule has 0 aliphatic carbocycles. The van der Waals surface area contributed by atoms with Gasteiger partial charge in [0.1, 0.15) is 5.69 Å². The van der Waals surface area contributed by atoms with Crippen molar-refractivity contribution < 1.29 is 13.7 Å². The van der Waals surface area contributed by atoms with Crippen molar-refractivity contribution in [3.8, 4) is 11.6 Å². The van der Waals surface area contributed by atoms with Crippen molar-refractivity contribution in [3.63, 3.8) is 0 Å². The van der Waals surface area contributed by atoms with Gasteiger partial charge in [0, 0.05) is 32.1 Å². The van der Waals surface area contributed by atoms with Crippen molar-refractivity contribution in [2.45, 2.75) is 32.3 Å². The molecule has 0 saturated carbocycles. The third-order valence-corrected chi connectivity index (χ3v) is 4.09. The molecule has 4 rings (SSSR count). The van der Waals surface area contributed by atoms with E-state index in [1.165, 1.54) is 0 Å². The predicted octanol–water partition coefficient (Wildman–Crippen LogP) is 1.91. The van der Waals surface area contributed by atoms with E-state index in [1.54, 1.807) is 6.20 Å². The van der Waals surface area contributed by atoms with E-state index >= 15 is 0 Å². The minimum atomic E-state index is -0.0699. The van der Waals surface area contributed by atoms with Crippen molar-refractivity contribution in [2.75, 3.05) is 24.6 Å². The molecule has 1 saturated heterocycles. The van der Waals surface area contributed by atoms with Gasteiger partial charge in [-0.1, -0.05) is 23.2 Å². The summed E-state index contributed by atoms with van der Waals surface area (Å²) in [4.78, 5) is 10.7. The maximum Gasteiger partial charge on any atom is 0.318 e. The van der Waals surface area contributed by atoms with Crippen molar-refractivity contribution in [2.24, 2.45) is 0 Å². The lowest BCUT2D eigenvalue weighted by molar-refractivity contribution is 0.0377. The summed E-state index contributed by atoms with van der Waals surface area (Å²) in [5.74, 6) is 1.67. The molecule has 4 heterocycles. The maximum absolute atomic E-state index is 5.83. The van der Waals surface area contributed by atoms with Crippen LogP contribution in [0, 0.1) is 0 Å². The lowest BCUT2D eigenvalue weighted by Crippen LogP contribution is -2.43. The number of hydrogen-bond acceptors (Lipinski definition) is 9. The van der Waals surface area contributed by atoms with Gasteiger partial charge in [-0.15, -0.1) is 5.10 Å². The molecule has 3 aromatic rings. The van der Waals surface area contributed by atoms with E-state index in [0.717, 1.165) is 19.4 Å². The number of morpholine rings is 1. The summed E-state index contributed by atoms with van der Waals surface area (Å²) < 4.78 is 16.8. The van der Waals surface area contributed by atoms with Gasteiger partial charge in [0.05, 0.1) is 12.7 Å². The molecule has 0 N–H and O–H groups in total. The first kappa shape index (κ1) is 16.6. The van der Waals surface area contributed by atoms with Gasteiger partial charge in [0.15, 0.2) is 5.82 Å². The molecule has 3 aromatic heterocycles. The standard InChI is InChI=1S/C17H20N6O3/c1-2-5-15-20-21-17(25-15)23-8-9-24-12(11-23)10-14-19-16(26-22-14)13-6-3-4-7-18-13/h3-4,6-7,12H,2,5,8-11H2,1H3. The third-order valence-electron chi connectivity index (χ3n) is 4.09. The van der Waals surface area contributed by atoms with Crippen LogP contribution in [0.25, 0.3) is 11.6 Å². The number of hydrogen-bond donors (Lipinski definition) is 0. The van der Waals surface area contributed by atoms with Gasteiger partial charge in [-0.2, -0.15) is 4.98 Å². The van der Waals surface area contributed by atoms with Crippen LogP contribution in [0.3, 0.4) is 0 Å². The van der Waals surface area contributed by atoms with Gasteiger partial charge in [0.25, 0.3) is 5.89 Å². The van der Waals surface area contributed by atoms with E-state index in [2.05, 4.69) is 32.2 Å². The SMILES string of the molecule is CCCc1nnc(N2CCOC(Cc3noc(-c4ccccn4)n3)C2)o1. The molecule has 0 bridgehead atoms. The van der Waals surface area contributed by atoms with Gasteiger partial charge in [-0.3, -0.25) is 4.98 Å². The summed E-state index contributed by atoms with van der Waals surface area (Å²) in [5, 5.41) is 12.3. The lowest BCUT2D eigenvalue weighted by Gasteiger charge is -2.30. The first-order valence-electron chi connectivity index (χ1n) is 8.74. The van der Waals surface area contributed by atoms with Crippen LogP contribution in [0.4, 0.5) is 6.01 Å². The molecule has 0 aromatic carbocycles. The van der Waals surface area contributed by atoms with Crippen LogP contribution in [0.15, 0.2) is 33.3 Å². The zero-order valence-corrected chi connectivity index (χ0v) is 14.5. The average molecular weight is 356 g/mol. The van der Waals surface area contributed by atoms with Gasteiger partial charge in [0.2, 0.25) is 5.89 Å². The van der Waals surface area contributed by atoms with Crippen LogP contribution < -0.4 is 4.90 Å². The monoisotopic (exact) mass is 356 g/mol. The quantitative estimate of drug-likeness (QED) is 0.655. The van der Waals surface area contributed by atoms with Crippen LogP contribution in [-0.2, 0) is 17.6 Å². The summed E-state index contributed by atoms with van der Waals surface area (Å²) in [7, 11) is 0. The number of nitrogens with zero attached hydrogens (tertiary/aromatic N) is 6. The minimum Gasteiger partial charge on any atom is -0.408 e. The molecule has 1 aliphatic heterocycles. The third kappa shape index (κ3) is 3.72. The zero-order valence-electron chi connectivity index (χ0n) is 14.5. The van der Waals surface area contributed by atoms with Crippen LogP contribution in [-0.4, -0.2) is 51.1 Å². The fourth-order valence-corrected chi connectivity index (χ4v) is 2.84. The number of anilines is 1. The molecular weight excluding hydrogens is 336 g/mol. The molecule has 0 spiro atoms. The molecule has 136 valence electrons. The Kier molecular flexibility index (Phi) is 4.87. The van der Waals surface area contributed by atoms with Crippen molar-refractivity contribution in [1.29, 1.82) is 0 Å². The highest BCUT2D eigenvalue weighted by Crippen LogP contribution is 2.19. The fraction of sp³-hybridized carbons (Fsp3) is 0.471. The summed E-state index contributed by atoms with van der Waals surface area (Å²) >= 11 is 0. The molecule has 1 unspecified atom stereocenters. The van der Waals surface area contributed by atoms with E-state index in [0.29, 0.717) is 48.9 Å². The van der Waals surface area contributed by atoms with Crippen molar-refractivity contribution in [3.05, 3.63) is 36.1 Å². The Morgan fingerprint density at radius 3 is 3.08 bits per heavy atom. The van der Waals surface area contributed by atoms with Gasteiger partial charge < -0.3 is 18.6 Å². The molecule has 1 atom stereocenters. The Morgan fingerprint density at radius 1 is 1.27 bits per heavy atom. The Bertz CT molecular complexity index is 834. The van der Waals surface area contributed by atoms with Gasteiger partial charge in [-0.05, 0) is 18.6 Å². The van der Waals surface area contributed by atoms with E-state index in [9.17, 15) is 0 Å². The number of aryl methyl sites for hydroxylation is 1. The van der Waals surface area contributed by atoms with E-state index in [1.807, 2.05) is 23.1 Å². The molecule has 9 nitrogen and oxygen atoms in total. The van der Waals surface area contributed by atoms with Crippen LogP contribution in [0.1, 0.15) is 25.1 Å². The second kappa shape index (κ2) is 7.61. The van der Waals surface area contributed by atoms with Crippen molar-refractivity contribution in [1.82, 2.24) is 25.3 Å². The van der Waals surface area contributed by atoms with Gasteiger partial charge in [-0.25, -0.2) is 0 Å². The Balaban J connectivity index is 1.40. The van der Waals surface area contributed by atoms with Crippen LogP contribution >= 0.6 is 0 Å². The molecule has 0 radical (unpaired) electrons. The fourth-order valence-electron chi connectivity index (χ4n) is 2.84. The normalized spacial score (nSPS) is 17.6. The molecular formula is C17H20N6O3. The molecule has 26 heavy (non-hydrogen) atoms. The summed E-state index contributed by atoms with van der Waals surface area (Å²) in [6.07, 6.45) is 3.94. The molecule has 9 heteroatoms. The Labute approximate surface area is 150 Å². The summed E-state index contributed by atoms with van der Waals surface area (Å²) in [6.45, 7) is 4.02. The van der Waals surface area contributed by atoms with Gasteiger partial charge >= 0.3 is 6.01 Å². The average Bonchev–Trinajstić information content (AvgIpc) is 3.33. The zero-order chi connectivity index (χ0) is 17.8. The largest absolute Gasteiger partial charge is 0.408 e. The predicted molar refractivity (Wildman–Crippen MR) is 91.5 cm³/mol. The summed E-state index contributed by atoms with van der Waals surface area (Å²) in [6, 6.07) is 6.10. The highest BCUT2D eigenvalue weighted by atomic mass is 16.5. The minimum absolute atomic E-state index is 0.0699. The second-order valence-corrected chi connectivity index (χ2v) is 6.10. The topological polar surface area (TPSA) is 103 Å². The molecule has 0 amide bonds. The molecule has 1 aliphatic rings. The smallest absolute Gasteiger partial charge is 0.318 e. The number of pyridine rings is 1. The Morgan fingerprint density at radius 2 is 2.23 bits per heavy atom. The summed E-state index contributed by atoms with van der Waals surface area (Å²) in [5.41, 5.74) is 0.659. The maximum atomic E-state index is 5.83. The van der Waals surface area contributed by atoms with E-state index in [-0.39, 0.29) is 6.10 Å². The number of aromatic nitrogens is 5. The lowest BCUT2D eigenvalue weighted by atomic mass is 10.2. The van der Waals surface area contributed by atoms with E-state index in [4.69, 9.17) is 13.7 Å². The highest BCUT2D eigenvalue weighted by molar-refractivity contribution is 5.45. The van der Waals surface area contributed by atoms with Crippen molar-refractivity contribution >= 4 is 6.01 Å². The number of rotatable bonds is 6. The highest BCUT2D eigenvalue weighted by Gasteiger charge is 2.26.